The van der Waals surface area contributed by atoms with Crippen molar-refractivity contribution < 1.29 is 9.59 Å². The maximum absolute atomic E-state index is 13.6. The molecular formula is C28H28ClN3O2. The number of para-hydroxylation sites is 1. The molecule has 0 aromatic heterocycles. The number of nitrogens with one attached hydrogen (secondary N) is 2. The second-order valence-electron chi connectivity index (χ2n) is 9.09. The molecule has 6 heteroatoms. The lowest BCUT2D eigenvalue weighted by Crippen LogP contribution is -2.37. The van der Waals surface area contributed by atoms with Crippen LogP contribution in [0.5, 0.6) is 0 Å². The van der Waals surface area contributed by atoms with Crippen molar-refractivity contribution in [2.45, 2.75) is 50.2 Å². The number of halogens is 1. The summed E-state index contributed by atoms with van der Waals surface area (Å²) in [6, 6.07) is 23.3. The number of benzene rings is 3. The van der Waals surface area contributed by atoms with Crippen LogP contribution < -0.4 is 15.5 Å². The fourth-order valence-electron chi connectivity index (χ4n) is 4.55. The Morgan fingerprint density at radius 1 is 0.882 bits per heavy atom. The third-order valence-electron chi connectivity index (χ3n) is 6.56. The molecule has 2 aliphatic rings. The molecular weight excluding hydrogens is 446 g/mol. The van der Waals surface area contributed by atoms with Crippen LogP contribution in [0.3, 0.4) is 0 Å². The molecule has 1 fully saturated rings. The van der Waals surface area contributed by atoms with Crippen LogP contribution in [-0.4, -0.2) is 23.4 Å². The zero-order valence-corrected chi connectivity index (χ0v) is 19.9. The first-order valence-electron chi connectivity index (χ1n) is 11.8. The van der Waals surface area contributed by atoms with Crippen molar-refractivity contribution in [1.82, 2.24) is 5.32 Å². The molecule has 0 saturated heterocycles. The Labute approximate surface area is 205 Å². The molecule has 34 heavy (non-hydrogen) atoms. The highest BCUT2D eigenvalue weighted by Gasteiger charge is 2.34. The molecule has 1 aliphatic heterocycles. The van der Waals surface area contributed by atoms with E-state index >= 15 is 0 Å². The van der Waals surface area contributed by atoms with Gasteiger partial charge < -0.3 is 10.6 Å². The van der Waals surface area contributed by atoms with E-state index in [1.54, 1.807) is 35.2 Å². The molecule has 5 nitrogen and oxygen atoms in total. The molecule has 2 N–H and O–H groups in total. The van der Waals surface area contributed by atoms with Crippen LogP contribution in [0.2, 0.25) is 0 Å². The standard InChI is InChI=1S/C28H28ClN3O2/c1-18-6-2-3-7-22(18)27(33)31-21-12-10-19(11-13-21)28(34)32-25-9-5-4-8-23(25)24(16-17-26(32)29)30-20-14-15-20/h2-13,20,24,26,30H,14-17H2,1H3,(H,31,33). The van der Waals surface area contributed by atoms with Crippen LogP contribution in [0.1, 0.15) is 63.6 Å². The van der Waals surface area contributed by atoms with Gasteiger partial charge in [-0.25, -0.2) is 0 Å². The smallest absolute Gasteiger partial charge is 0.259 e. The number of carbonyl (C=O) groups is 2. The molecule has 1 aliphatic carbocycles. The number of anilines is 2. The van der Waals surface area contributed by atoms with Gasteiger partial charge in [-0.1, -0.05) is 48.0 Å². The zero-order chi connectivity index (χ0) is 23.7. The summed E-state index contributed by atoms with van der Waals surface area (Å²) in [6.45, 7) is 1.91. The summed E-state index contributed by atoms with van der Waals surface area (Å²) in [5, 5.41) is 6.63. The Kier molecular flexibility index (Phi) is 6.40. The third-order valence-corrected chi connectivity index (χ3v) is 6.97. The van der Waals surface area contributed by atoms with Crippen LogP contribution in [0, 0.1) is 6.92 Å². The highest BCUT2D eigenvalue weighted by molar-refractivity contribution is 6.26. The first-order chi connectivity index (χ1) is 16.5. The molecule has 1 saturated carbocycles. The minimum Gasteiger partial charge on any atom is -0.322 e. The Balaban J connectivity index is 1.36. The number of hydrogen-bond donors (Lipinski definition) is 2. The predicted octanol–water partition coefficient (Wildman–Crippen LogP) is 6.05. The second-order valence-corrected chi connectivity index (χ2v) is 9.59. The Morgan fingerprint density at radius 2 is 1.59 bits per heavy atom. The highest BCUT2D eigenvalue weighted by Crippen LogP contribution is 2.39. The largest absolute Gasteiger partial charge is 0.322 e. The quantitative estimate of drug-likeness (QED) is 0.350. The van der Waals surface area contributed by atoms with E-state index in [4.69, 9.17) is 11.6 Å². The number of rotatable bonds is 5. The number of aryl methyl sites for hydroxylation is 1. The van der Waals surface area contributed by atoms with E-state index in [0.29, 0.717) is 29.3 Å². The molecule has 0 bridgehead atoms. The fraction of sp³-hybridized carbons (Fsp3) is 0.286. The second kappa shape index (κ2) is 9.61. The van der Waals surface area contributed by atoms with Crippen molar-refractivity contribution in [2.24, 2.45) is 0 Å². The summed E-state index contributed by atoms with van der Waals surface area (Å²) >= 11 is 6.78. The average molecular weight is 474 g/mol. The molecule has 174 valence electrons. The van der Waals surface area contributed by atoms with Crippen LogP contribution in [0.4, 0.5) is 11.4 Å². The van der Waals surface area contributed by atoms with Gasteiger partial charge in [0.25, 0.3) is 11.8 Å². The molecule has 1 heterocycles. The number of amides is 2. The van der Waals surface area contributed by atoms with Crippen LogP contribution in [0.25, 0.3) is 0 Å². The fourth-order valence-corrected chi connectivity index (χ4v) is 4.87. The number of alkyl halides is 1. The lowest BCUT2D eigenvalue weighted by molar-refractivity contribution is 0.0982. The van der Waals surface area contributed by atoms with E-state index in [1.807, 2.05) is 43.3 Å². The summed E-state index contributed by atoms with van der Waals surface area (Å²) in [5.41, 5.74) is 4.26. The lowest BCUT2D eigenvalue weighted by atomic mass is 10.0. The van der Waals surface area contributed by atoms with E-state index in [-0.39, 0.29) is 17.9 Å². The van der Waals surface area contributed by atoms with E-state index in [9.17, 15) is 9.59 Å². The Morgan fingerprint density at radius 3 is 2.32 bits per heavy atom. The SMILES string of the molecule is Cc1ccccc1C(=O)Nc1ccc(C(=O)N2c3ccccc3C(NC3CC3)CCC2Cl)cc1. The van der Waals surface area contributed by atoms with Crippen molar-refractivity contribution in [2.75, 3.05) is 10.2 Å². The number of carbonyl (C=O) groups excluding carboxylic acids is 2. The van der Waals surface area contributed by atoms with E-state index in [0.717, 1.165) is 23.2 Å². The number of hydrogen-bond acceptors (Lipinski definition) is 3. The molecule has 2 atom stereocenters. The number of fused-ring (bicyclic) bond motifs is 1. The highest BCUT2D eigenvalue weighted by atomic mass is 35.5. The maximum Gasteiger partial charge on any atom is 0.259 e. The summed E-state index contributed by atoms with van der Waals surface area (Å²) in [4.78, 5) is 27.9. The van der Waals surface area contributed by atoms with E-state index < -0.39 is 5.50 Å². The van der Waals surface area contributed by atoms with Crippen LogP contribution in [0.15, 0.2) is 72.8 Å². The zero-order valence-electron chi connectivity index (χ0n) is 19.1. The van der Waals surface area contributed by atoms with Gasteiger partial charge in [-0.2, -0.15) is 0 Å². The molecule has 5 rings (SSSR count). The normalized spacial score (nSPS) is 19.8. The molecule has 3 aromatic rings. The van der Waals surface area contributed by atoms with Gasteiger partial charge in [0.1, 0.15) is 5.50 Å². The summed E-state index contributed by atoms with van der Waals surface area (Å²) in [7, 11) is 0. The molecule has 2 unspecified atom stereocenters. The van der Waals surface area contributed by atoms with Crippen molar-refractivity contribution in [1.29, 1.82) is 0 Å². The maximum atomic E-state index is 13.6. The van der Waals surface area contributed by atoms with Gasteiger partial charge in [-0.05, 0) is 80.1 Å². The molecule has 0 radical (unpaired) electrons. The van der Waals surface area contributed by atoms with Gasteiger partial charge in [0, 0.05) is 28.9 Å². The average Bonchev–Trinajstić information content (AvgIpc) is 3.68. The molecule has 2 amide bonds. The van der Waals surface area contributed by atoms with Gasteiger partial charge in [0.05, 0.1) is 5.69 Å². The predicted molar refractivity (Wildman–Crippen MR) is 137 cm³/mol. The van der Waals surface area contributed by atoms with Gasteiger partial charge in [-0.3, -0.25) is 14.5 Å². The monoisotopic (exact) mass is 473 g/mol. The summed E-state index contributed by atoms with van der Waals surface area (Å²) in [6.07, 6.45) is 4.00. The van der Waals surface area contributed by atoms with E-state index in [2.05, 4.69) is 16.7 Å². The van der Waals surface area contributed by atoms with Crippen molar-refractivity contribution >= 4 is 34.8 Å². The minimum absolute atomic E-state index is 0.142. The number of nitrogens with zero attached hydrogens (tertiary/aromatic N) is 1. The van der Waals surface area contributed by atoms with Gasteiger partial charge >= 0.3 is 0 Å². The van der Waals surface area contributed by atoms with Crippen molar-refractivity contribution in [3.05, 3.63) is 95.1 Å². The van der Waals surface area contributed by atoms with Gasteiger partial charge in [0.2, 0.25) is 0 Å². The van der Waals surface area contributed by atoms with E-state index in [1.165, 1.54) is 12.8 Å². The van der Waals surface area contributed by atoms with Crippen molar-refractivity contribution in [3.63, 3.8) is 0 Å². The van der Waals surface area contributed by atoms with Crippen LogP contribution in [-0.2, 0) is 0 Å². The van der Waals surface area contributed by atoms with Crippen LogP contribution >= 0.6 is 11.6 Å². The van der Waals surface area contributed by atoms with Crippen molar-refractivity contribution in [3.8, 4) is 0 Å². The summed E-state index contributed by atoms with van der Waals surface area (Å²) < 4.78 is 0. The first-order valence-corrected chi connectivity index (χ1v) is 12.2. The molecule has 0 spiro atoms. The Bertz CT molecular complexity index is 1210. The minimum atomic E-state index is -0.430. The summed E-state index contributed by atoms with van der Waals surface area (Å²) in [5.74, 6) is -0.315. The third kappa shape index (κ3) is 4.72. The Hall–Kier alpha value is -3.15. The van der Waals surface area contributed by atoms with Gasteiger partial charge in [0.15, 0.2) is 0 Å². The van der Waals surface area contributed by atoms with Gasteiger partial charge in [-0.15, -0.1) is 0 Å². The molecule has 3 aromatic carbocycles. The lowest BCUT2D eigenvalue weighted by Gasteiger charge is -2.28. The topological polar surface area (TPSA) is 61.4 Å². The first kappa shape index (κ1) is 22.6.